The highest BCUT2D eigenvalue weighted by Gasteiger charge is 2.14. The van der Waals surface area contributed by atoms with E-state index >= 15 is 0 Å². The summed E-state index contributed by atoms with van der Waals surface area (Å²) in [6.45, 7) is 1.98. The molecule has 76 valence electrons. The van der Waals surface area contributed by atoms with E-state index in [2.05, 4.69) is 25.9 Å². The molecule has 0 radical (unpaired) electrons. The van der Waals surface area contributed by atoms with Gasteiger partial charge in [0.05, 0.1) is 0 Å². The van der Waals surface area contributed by atoms with Crippen LogP contribution >= 0.6 is 15.9 Å². The lowest BCUT2D eigenvalue weighted by atomic mass is 10.1. The lowest BCUT2D eigenvalue weighted by Crippen LogP contribution is -2.04. The Labute approximate surface area is 95.7 Å². The molecule has 0 aliphatic carbocycles. The zero-order chi connectivity index (χ0) is 10.8. The third-order valence-electron chi connectivity index (χ3n) is 2.08. The van der Waals surface area contributed by atoms with Gasteiger partial charge in [-0.05, 0) is 24.6 Å². The number of nitrogens with one attached hydrogen (secondary N) is 1. The van der Waals surface area contributed by atoms with Crippen molar-refractivity contribution in [1.82, 2.24) is 9.97 Å². The van der Waals surface area contributed by atoms with Gasteiger partial charge in [0.15, 0.2) is 5.82 Å². The second kappa shape index (κ2) is 3.98. The molecule has 0 aliphatic rings. The molecule has 0 spiro atoms. The van der Waals surface area contributed by atoms with Crippen molar-refractivity contribution in [2.24, 2.45) is 0 Å². The van der Waals surface area contributed by atoms with Gasteiger partial charge in [-0.2, -0.15) is 0 Å². The number of carbonyl (C=O) groups is 1. The molecule has 15 heavy (non-hydrogen) atoms. The third kappa shape index (κ3) is 1.99. The van der Waals surface area contributed by atoms with Crippen LogP contribution in [0.4, 0.5) is 0 Å². The lowest BCUT2D eigenvalue weighted by Gasteiger charge is -2.02. The number of hydrogen-bond donors (Lipinski definition) is 1. The van der Waals surface area contributed by atoms with Crippen LogP contribution in [-0.2, 0) is 0 Å². The van der Waals surface area contributed by atoms with Gasteiger partial charge in [-0.3, -0.25) is 4.79 Å². The molecule has 0 saturated carbocycles. The molecule has 0 amide bonds. The van der Waals surface area contributed by atoms with Crippen LogP contribution in [0, 0.1) is 6.92 Å². The number of ketones is 1. The highest BCUT2D eigenvalue weighted by molar-refractivity contribution is 9.10. The molecule has 1 N–H and O–H groups in total. The molecule has 4 heteroatoms. The number of halogens is 1. The second-order valence-corrected chi connectivity index (χ2v) is 4.10. The maximum absolute atomic E-state index is 11.9. The van der Waals surface area contributed by atoms with Crippen LogP contribution in [0.5, 0.6) is 0 Å². The first kappa shape index (κ1) is 10.1. The smallest absolute Gasteiger partial charge is 0.229 e. The molecule has 1 aromatic heterocycles. The van der Waals surface area contributed by atoms with Gasteiger partial charge in [-0.25, -0.2) is 4.98 Å². The van der Waals surface area contributed by atoms with Crippen molar-refractivity contribution < 1.29 is 4.79 Å². The van der Waals surface area contributed by atoms with E-state index in [1.807, 2.05) is 19.1 Å². The summed E-state index contributed by atoms with van der Waals surface area (Å²) in [4.78, 5) is 18.6. The number of benzene rings is 1. The molecule has 0 aliphatic heterocycles. The summed E-state index contributed by atoms with van der Waals surface area (Å²) >= 11 is 3.37. The fourth-order valence-electron chi connectivity index (χ4n) is 1.32. The number of H-pyrrole nitrogens is 1. The Kier molecular flexibility index (Phi) is 2.68. The van der Waals surface area contributed by atoms with Crippen LogP contribution in [0.15, 0.2) is 35.1 Å². The van der Waals surface area contributed by atoms with E-state index in [0.29, 0.717) is 11.4 Å². The first-order valence-electron chi connectivity index (χ1n) is 4.48. The van der Waals surface area contributed by atoms with Gasteiger partial charge in [-0.1, -0.05) is 22.0 Å². The summed E-state index contributed by atoms with van der Waals surface area (Å²) in [6, 6.07) is 5.61. The average Bonchev–Trinajstić information content (AvgIpc) is 2.69. The van der Waals surface area contributed by atoms with E-state index in [9.17, 15) is 4.79 Å². The normalized spacial score (nSPS) is 10.3. The fourth-order valence-corrected chi connectivity index (χ4v) is 1.99. The predicted octanol–water partition coefficient (Wildman–Crippen LogP) is 2.71. The number of nitrogens with zero attached hydrogens (tertiary/aromatic N) is 1. The minimum atomic E-state index is -0.105. The van der Waals surface area contributed by atoms with E-state index in [0.717, 1.165) is 10.0 Å². The minimum absolute atomic E-state index is 0.105. The topological polar surface area (TPSA) is 45.8 Å². The molecule has 0 fully saturated rings. The molecular weight excluding hydrogens is 256 g/mol. The van der Waals surface area contributed by atoms with E-state index in [1.54, 1.807) is 18.5 Å². The summed E-state index contributed by atoms with van der Waals surface area (Å²) in [5.41, 5.74) is 1.73. The molecule has 1 aromatic carbocycles. The van der Waals surface area contributed by atoms with E-state index in [-0.39, 0.29) is 5.78 Å². The fraction of sp³-hybridized carbons (Fsp3) is 0.0909. The second-order valence-electron chi connectivity index (χ2n) is 3.25. The van der Waals surface area contributed by atoms with Gasteiger partial charge in [0.1, 0.15) is 0 Å². The Morgan fingerprint density at radius 1 is 1.47 bits per heavy atom. The SMILES string of the molecule is Cc1ccc(C(=O)c2ncc[nH]2)c(Br)c1. The third-order valence-corrected chi connectivity index (χ3v) is 2.74. The van der Waals surface area contributed by atoms with Crippen LogP contribution in [0.2, 0.25) is 0 Å². The molecule has 0 atom stereocenters. The molecule has 0 bridgehead atoms. The zero-order valence-corrected chi connectivity index (χ0v) is 9.71. The number of carbonyl (C=O) groups excluding carboxylic acids is 1. The first-order chi connectivity index (χ1) is 7.18. The van der Waals surface area contributed by atoms with Crippen molar-refractivity contribution in [3.05, 3.63) is 52.0 Å². The summed E-state index contributed by atoms with van der Waals surface area (Å²) in [7, 11) is 0. The van der Waals surface area contributed by atoms with Gasteiger partial charge in [-0.15, -0.1) is 0 Å². The van der Waals surface area contributed by atoms with E-state index < -0.39 is 0 Å². The number of imidazole rings is 1. The van der Waals surface area contributed by atoms with Crippen molar-refractivity contribution in [3.63, 3.8) is 0 Å². The standard InChI is InChI=1S/C11H9BrN2O/c1-7-2-3-8(9(12)6-7)10(15)11-13-4-5-14-11/h2-6H,1H3,(H,13,14). The lowest BCUT2D eigenvalue weighted by molar-refractivity contribution is 0.102. The van der Waals surface area contributed by atoms with Crippen molar-refractivity contribution in [2.75, 3.05) is 0 Å². The van der Waals surface area contributed by atoms with Crippen molar-refractivity contribution in [3.8, 4) is 0 Å². The average molecular weight is 265 g/mol. The monoisotopic (exact) mass is 264 g/mol. The highest BCUT2D eigenvalue weighted by atomic mass is 79.9. The summed E-state index contributed by atoms with van der Waals surface area (Å²) in [6.07, 6.45) is 3.20. The number of aryl methyl sites for hydroxylation is 1. The first-order valence-corrected chi connectivity index (χ1v) is 5.28. The minimum Gasteiger partial charge on any atom is -0.342 e. The van der Waals surface area contributed by atoms with E-state index in [1.165, 1.54) is 0 Å². The predicted molar refractivity (Wildman–Crippen MR) is 60.9 cm³/mol. The van der Waals surface area contributed by atoms with Gasteiger partial charge in [0, 0.05) is 22.4 Å². The molecule has 3 nitrogen and oxygen atoms in total. The Bertz CT molecular complexity index is 491. The molecule has 2 aromatic rings. The Morgan fingerprint density at radius 3 is 2.87 bits per heavy atom. The number of aromatic nitrogens is 2. The summed E-state index contributed by atoms with van der Waals surface area (Å²) < 4.78 is 0.795. The van der Waals surface area contributed by atoms with Gasteiger partial charge in [0.2, 0.25) is 5.78 Å². The highest BCUT2D eigenvalue weighted by Crippen LogP contribution is 2.20. The van der Waals surface area contributed by atoms with Crippen LogP contribution in [0.25, 0.3) is 0 Å². The zero-order valence-electron chi connectivity index (χ0n) is 8.12. The summed E-state index contributed by atoms with van der Waals surface area (Å²) in [5, 5.41) is 0. The van der Waals surface area contributed by atoms with Gasteiger partial charge >= 0.3 is 0 Å². The molecule has 1 heterocycles. The molecular formula is C11H9BrN2O. The molecule has 2 rings (SSSR count). The van der Waals surface area contributed by atoms with Crippen molar-refractivity contribution in [2.45, 2.75) is 6.92 Å². The van der Waals surface area contributed by atoms with Crippen LogP contribution in [0.3, 0.4) is 0 Å². The van der Waals surface area contributed by atoms with Crippen LogP contribution in [0.1, 0.15) is 21.7 Å². The molecule has 0 saturated heterocycles. The number of aromatic amines is 1. The van der Waals surface area contributed by atoms with Gasteiger partial charge < -0.3 is 4.98 Å². The van der Waals surface area contributed by atoms with Crippen molar-refractivity contribution >= 4 is 21.7 Å². The largest absolute Gasteiger partial charge is 0.342 e. The molecule has 0 unspecified atom stereocenters. The maximum atomic E-state index is 11.9. The van der Waals surface area contributed by atoms with Gasteiger partial charge in [0.25, 0.3) is 0 Å². The quantitative estimate of drug-likeness (QED) is 0.848. The summed E-state index contributed by atoms with van der Waals surface area (Å²) in [5.74, 6) is 0.256. The Balaban J connectivity index is 2.42. The number of hydrogen-bond acceptors (Lipinski definition) is 2. The van der Waals surface area contributed by atoms with Crippen LogP contribution < -0.4 is 0 Å². The Hall–Kier alpha value is -1.42. The van der Waals surface area contributed by atoms with E-state index in [4.69, 9.17) is 0 Å². The maximum Gasteiger partial charge on any atom is 0.229 e. The van der Waals surface area contributed by atoms with Crippen molar-refractivity contribution in [1.29, 1.82) is 0 Å². The Morgan fingerprint density at radius 2 is 2.27 bits per heavy atom. The van der Waals surface area contributed by atoms with Crippen LogP contribution in [-0.4, -0.2) is 15.8 Å². The number of rotatable bonds is 2.